The predicted molar refractivity (Wildman–Crippen MR) is 88.1 cm³/mol. The van der Waals surface area contributed by atoms with Crippen molar-refractivity contribution in [2.45, 2.75) is 63.9 Å². The highest BCUT2D eigenvalue weighted by atomic mass is 16.6. The molecule has 2 saturated heterocycles. The highest BCUT2D eigenvalue weighted by Crippen LogP contribution is 2.50. The van der Waals surface area contributed by atoms with Crippen LogP contribution in [0, 0.1) is 5.92 Å². The fourth-order valence-corrected chi connectivity index (χ4v) is 3.65. The van der Waals surface area contributed by atoms with Crippen molar-refractivity contribution >= 4 is 11.9 Å². The summed E-state index contributed by atoms with van der Waals surface area (Å²) in [6.45, 7) is 13.2. The van der Waals surface area contributed by atoms with Crippen LogP contribution in [0.5, 0.6) is 0 Å². The van der Waals surface area contributed by atoms with Gasteiger partial charge in [-0.15, -0.1) is 0 Å². The fourth-order valence-electron chi connectivity index (χ4n) is 3.65. The third-order valence-electron chi connectivity index (χ3n) is 5.16. The summed E-state index contributed by atoms with van der Waals surface area (Å²) in [6, 6.07) is 0. The van der Waals surface area contributed by atoms with Crippen LogP contribution in [-0.4, -0.2) is 35.9 Å². The molecular formula is C19H24O5. The number of allylic oxidation sites excluding steroid dienone is 1. The van der Waals surface area contributed by atoms with E-state index >= 15 is 0 Å². The first kappa shape index (κ1) is 17.0. The number of carbonyl (C=O) groups is 2. The molecule has 1 aliphatic carbocycles. The summed E-state index contributed by atoms with van der Waals surface area (Å²) in [5.41, 5.74) is 1.49. The molecule has 0 amide bonds. The summed E-state index contributed by atoms with van der Waals surface area (Å²) < 4.78 is 17.1. The molecule has 3 rings (SSSR count). The second-order valence-electron chi connectivity index (χ2n) is 7.29. The maximum atomic E-state index is 12.1. The Hall–Kier alpha value is -1.88. The Kier molecular flexibility index (Phi) is 4.16. The van der Waals surface area contributed by atoms with Crippen LogP contribution >= 0.6 is 0 Å². The minimum absolute atomic E-state index is 0.177. The molecule has 24 heavy (non-hydrogen) atoms. The zero-order valence-electron chi connectivity index (χ0n) is 14.5. The van der Waals surface area contributed by atoms with Crippen molar-refractivity contribution in [3.63, 3.8) is 0 Å². The van der Waals surface area contributed by atoms with Crippen LogP contribution in [-0.2, 0) is 23.8 Å². The molecule has 0 unspecified atom stereocenters. The van der Waals surface area contributed by atoms with Gasteiger partial charge in [-0.25, -0.2) is 9.59 Å². The first-order valence-corrected chi connectivity index (χ1v) is 8.32. The van der Waals surface area contributed by atoms with Gasteiger partial charge in [0.25, 0.3) is 0 Å². The maximum Gasteiger partial charge on any atom is 0.334 e. The van der Waals surface area contributed by atoms with Gasteiger partial charge in [0.05, 0.1) is 11.5 Å². The summed E-state index contributed by atoms with van der Waals surface area (Å²) in [6.07, 6.45) is 3.30. The van der Waals surface area contributed by atoms with Crippen LogP contribution in [0.15, 0.2) is 36.0 Å². The Morgan fingerprint density at radius 3 is 2.83 bits per heavy atom. The van der Waals surface area contributed by atoms with Gasteiger partial charge in [0, 0.05) is 17.6 Å². The molecule has 0 spiro atoms. The van der Waals surface area contributed by atoms with Crippen molar-refractivity contribution in [2.24, 2.45) is 5.92 Å². The number of rotatable bonds is 2. The summed E-state index contributed by atoms with van der Waals surface area (Å²) in [5.74, 6) is -1.29. The molecule has 2 fully saturated rings. The Morgan fingerprint density at radius 1 is 1.46 bits per heavy atom. The quantitative estimate of drug-likeness (QED) is 0.337. The molecule has 0 bridgehead atoms. The largest absolute Gasteiger partial charge is 0.458 e. The number of esters is 2. The Bertz CT molecular complexity index is 646. The Labute approximate surface area is 142 Å². The molecular weight excluding hydrogens is 308 g/mol. The molecule has 5 nitrogen and oxygen atoms in total. The molecule has 5 atom stereocenters. The lowest BCUT2D eigenvalue weighted by Crippen LogP contribution is -2.38. The van der Waals surface area contributed by atoms with Gasteiger partial charge in [-0.05, 0) is 33.6 Å². The van der Waals surface area contributed by atoms with Gasteiger partial charge in [-0.1, -0.05) is 24.8 Å². The van der Waals surface area contributed by atoms with Gasteiger partial charge < -0.3 is 14.2 Å². The van der Waals surface area contributed by atoms with Crippen molar-refractivity contribution in [1.29, 1.82) is 0 Å². The lowest BCUT2D eigenvalue weighted by Gasteiger charge is -2.28. The summed E-state index contributed by atoms with van der Waals surface area (Å²) in [5, 5.41) is 0. The Balaban J connectivity index is 1.95. The van der Waals surface area contributed by atoms with Crippen molar-refractivity contribution in [1.82, 2.24) is 0 Å². The van der Waals surface area contributed by atoms with Crippen LogP contribution in [0.1, 0.15) is 40.0 Å². The van der Waals surface area contributed by atoms with E-state index in [4.69, 9.17) is 14.2 Å². The van der Waals surface area contributed by atoms with E-state index in [1.165, 1.54) is 0 Å². The van der Waals surface area contributed by atoms with Crippen LogP contribution in [0.4, 0.5) is 0 Å². The summed E-state index contributed by atoms with van der Waals surface area (Å²) >= 11 is 0. The van der Waals surface area contributed by atoms with E-state index in [0.29, 0.717) is 17.6 Å². The first-order valence-electron chi connectivity index (χ1n) is 8.32. The molecule has 0 aromatic carbocycles. The van der Waals surface area contributed by atoms with Gasteiger partial charge in [-0.2, -0.15) is 0 Å². The number of epoxide rings is 1. The number of fused-ring (bicyclic) bond motifs is 3. The third-order valence-corrected chi connectivity index (χ3v) is 5.16. The van der Waals surface area contributed by atoms with Gasteiger partial charge in [0.1, 0.15) is 18.3 Å². The number of hydrogen-bond donors (Lipinski definition) is 0. The minimum Gasteiger partial charge on any atom is -0.458 e. The van der Waals surface area contributed by atoms with Gasteiger partial charge in [0.15, 0.2) is 0 Å². The SMILES string of the molecule is C=C(C)C(=O)O[C@H]1C/C(C)=C/CC[C@@]2(C)O[C@H]2[C@H]2OC(=O)C(=C)[C@@H]21. The molecule has 130 valence electrons. The lowest BCUT2D eigenvalue weighted by atomic mass is 9.82. The number of hydrogen-bond acceptors (Lipinski definition) is 5. The molecule has 3 aliphatic rings. The normalized spacial score (nSPS) is 40.5. The minimum atomic E-state index is -0.513. The second-order valence-corrected chi connectivity index (χ2v) is 7.29. The Morgan fingerprint density at radius 2 is 2.17 bits per heavy atom. The molecule has 0 N–H and O–H groups in total. The van der Waals surface area contributed by atoms with Gasteiger partial charge in [0.2, 0.25) is 0 Å². The highest BCUT2D eigenvalue weighted by Gasteiger charge is 2.63. The van der Waals surface area contributed by atoms with E-state index in [1.54, 1.807) is 6.92 Å². The molecule has 0 aromatic rings. The molecule has 2 heterocycles. The van der Waals surface area contributed by atoms with Crippen LogP contribution in [0.2, 0.25) is 0 Å². The zero-order valence-corrected chi connectivity index (χ0v) is 14.5. The summed E-state index contributed by atoms with van der Waals surface area (Å²) in [4.78, 5) is 24.2. The fraction of sp³-hybridized carbons (Fsp3) is 0.579. The van der Waals surface area contributed by atoms with E-state index < -0.39 is 30.1 Å². The van der Waals surface area contributed by atoms with Crippen molar-refractivity contribution in [3.05, 3.63) is 36.0 Å². The molecule has 0 aromatic heterocycles. The molecule has 0 radical (unpaired) electrons. The first-order chi connectivity index (χ1) is 11.2. The van der Waals surface area contributed by atoms with E-state index in [0.717, 1.165) is 18.4 Å². The van der Waals surface area contributed by atoms with E-state index in [2.05, 4.69) is 19.2 Å². The van der Waals surface area contributed by atoms with Crippen LogP contribution in [0.25, 0.3) is 0 Å². The van der Waals surface area contributed by atoms with E-state index in [9.17, 15) is 9.59 Å². The smallest absolute Gasteiger partial charge is 0.334 e. The van der Waals surface area contributed by atoms with Crippen molar-refractivity contribution < 1.29 is 23.8 Å². The summed E-state index contributed by atoms with van der Waals surface area (Å²) in [7, 11) is 0. The predicted octanol–water partition coefficient (Wildman–Crippen LogP) is 2.86. The molecule has 0 saturated carbocycles. The lowest BCUT2D eigenvalue weighted by molar-refractivity contribution is -0.148. The molecule has 2 aliphatic heterocycles. The zero-order chi connectivity index (χ0) is 17.6. The monoisotopic (exact) mass is 332 g/mol. The van der Waals surface area contributed by atoms with Crippen molar-refractivity contribution in [2.75, 3.05) is 0 Å². The number of carbonyl (C=O) groups excluding carboxylic acids is 2. The highest BCUT2D eigenvalue weighted by molar-refractivity contribution is 5.91. The van der Waals surface area contributed by atoms with Crippen LogP contribution in [0.3, 0.4) is 0 Å². The topological polar surface area (TPSA) is 65.1 Å². The van der Waals surface area contributed by atoms with Gasteiger partial charge in [-0.3, -0.25) is 0 Å². The number of ether oxygens (including phenoxy) is 3. The standard InChI is InChI=1S/C19H24O5/c1-10(2)17(20)22-13-9-11(3)7-6-8-19(5)16(24-19)15-14(13)12(4)18(21)23-15/h7,13-16H,1,4,6,8-9H2,2-3,5H3/b11-7+/t13-,14+,15-,16-,19+/m0/s1. The second kappa shape index (κ2) is 5.88. The van der Waals surface area contributed by atoms with E-state index in [1.807, 2.05) is 13.8 Å². The molecule has 5 heteroatoms. The third kappa shape index (κ3) is 2.93. The van der Waals surface area contributed by atoms with Crippen molar-refractivity contribution in [3.8, 4) is 0 Å². The average molecular weight is 332 g/mol. The van der Waals surface area contributed by atoms with Gasteiger partial charge >= 0.3 is 11.9 Å². The van der Waals surface area contributed by atoms with E-state index in [-0.39, 0.29) is 11.7 Å². The average Bonchev–Trinajstić information content (AvgIpc) is 3.07. The maximum absolute atomic E-state index is 12.1. The van der Waals surface area contributed by atoms with Crippen LogP contribution < -0.4 is 0 Å².